The molecule has 0 saturated carbocycles. The minimum absolute atomic E-state index is 0.233. The van der Waals surface area contributed by atoms with Gasteiger partial charge < -0.3 is 4.90 Å². The van der Waals surface area contributed by atoms with E-state index in [1.165, 1.54) is 47.0 Å². The number of carbonyl (C=O) groups excluding carboxylic acids is 1. The molecule has 3 aromatic rings. The van der Waals surface area contributed by atoms with Crippen LogP contribution in [-0.4, -0.2) is 46.8 Å². The molecule has 160 valence electrons. The fourth-order valence-corrected chi connectivity index (χ4v) is 4.60. The van der Waals surface area contributed by atoms with Crippen LogP contribution in [0.1, 0.15) is 16.2 Å². The van der Waals surface area contributed by atoms with Gasteiger partial charge in [-0.1, -0.05) is 11.8 Å². The van der Waals surface area contributed by atoms with Gasteiger partial charge >= 0.3 is 0 Å². The lowest BCUT2D eigenvalue weighted by Gasteiger charge is -2.14. The van der Waals surface area contributed by atoms with E-state index in [9.17, 15) is 9.18 Å². The van der Waals surface area contributed by atoms with Crippen LogP contribution in [0, 0.1) is 12.7 Å². The molecule has 0 atom stereocenters. The Kier molecular flexibility index (Phi) is 7.77. The molecule has 3 rings (SSSR count). The van der Waals surface area contributed by atoms with Gasteiger partial charge in [0.05, 0.1) is 5.69 Å². The van der Waals surface area contributed by atoms with Gasteiger partial charge in [-0.3, -0.25) is 10.1 Å². The van der Waals surface area contributed by atoms with E-state index in [2.05, 4.69) is 32.2 Å². The molecule has 0 aliphatic carbocycles. The predicted octanol–water partition coefficient (Wildman–Crippen LogP) is 5.01. The number of amides is 1. The summed E-state index contributed by atoms with van der Waals surface area (Å²) in [7, 11) is 3.66. The highest BCUT2D eigenvalue weighted by molar-refractivity contribution is 8.13. The van der Waals surface area contributed by atoms with Crippen LogP contribution >= 0.6 is 34.9 Å². The number of aryl methyl sites for hydroxylation is 1. The molecule has 7 nitrogen and oxygen atoms in total. The normalized spacial score (nSPS) is 11.3. The first-order valence-electron chi connectivity index (χ1n) is 8.92. The van der Waals surface area contributed by atoms with Gasteiger partial charge in [0, 0.05) is 36.0 Å². The zero-order valence-corrected chi connectivity index (χ0v) is 19.4. The third-order valence-corrected chi connectivity index (χ3v) is 6.66. The van der Waals surface area contributed by atoms with Crippen molar-refractivity contribution in [2.24, 2.45) is 10.2 Å². The zero-order valence-electron chi connectivity index (χ0n) is 17.0. The van der Waals surface area contributed by atoms with E-state index >= 15 is 0 Å². The molecule has 0 radical (unpaired) electrons. The number of aromatic nitrogens is 2. The summed E-state index contributed by atoms with van der Waals surface area (Å²) in [6.07, 6.45) is 0. The van der Waals surface area contributed by atoms with Crippen LogP contribution in [0.25, 0.3) is 0 Å². The largest absolute Gasteiger partial charge is 0.356 e. The fourth-order valence-electron chi connectivity index (χ4n) is 2.28. The Hall–Kier alpha value is -2.76. The second-order valence-electron chi connectivity index (χ2n) is 6.32. The maximum Gasteiger partial charge on any atom is 0.277 e. The molecule has 0 aliphatic rings. The molecule has 2 heterocycles. The lowest BCUT2D eigenvalue weighted by molar-refractivity contribution is 0.101. The van der Waals surface area contributed by atoms with Crippen LogP contribution in [0.3, 0.4) is 0 Å². The van der Waals surface area contributed by atoms with Crippen LogP contribution < -0.4 is 5.32 Å². The topological polar surface area (TPSA) is 82.8 Å². The van der Waals surface area contributed by atoms with Gasteiger partial charge in [-0.15, -0.1) is 16.4 Å². The Labute approximate surface area is 191 Å². The number of benzene rings is 1. The standard InChI is InChI=1S/C20H19FN6OS3/c1-12-11-29-19(23-12)25-18(28)17-15(30-14-7-5-13(21)6-8-14)9-10-16(24-17)31-20(26-22-2)27(3)4/h5-11H,2H2,1,3-4H3,(H,23,25,28)/b26-20+. The summed E-state index contributed by atoms with van der Waals surface area (Å²) in [4.78, 5) is 25.1. The first-order valence-corrected chi connectivity index (χ1v) is 11.4. The number of pyridine rings is 1. The molecule has 1 N–H and O–H groups in total. The lowest BCUT2D eigenvalue weighted by Crippen LogP contribution is -2.19. The molecule has 31 heavy (non-hydrogen) atoms. The summed E-state index contributed by atoms with van der Waals surface area (Å²) in [5, 5.41) is 13.9. The Balaban J connectivity index is 1.94. The summed E-state index contributed by atoms with van der Waals surface area (Å²) in [6.45, 7) is 5.24. The Morgan fingerprint density at radius 2 is 1.94 bits per heavy atom. The molecule has 1 aromatic carbocycles. The number of hydrogen-bond donors (Lipinski definition) is 1. The van der Waals surface area contributed by atoms with E-state index in [0.29, 0.717) is 20.2 Å². The van der Waals surface area contributed by atoms with Crippen molar-refractivity contribution in [3.05, 3.63) is 59.0 Å². The van der Waals surface area contributed by atoms with Crippen molar-refractivity contribution >= 4 is 57.8 Å². The Morgan fingerprint density at radius 1 is 1.19 bits per heavy atom. The highest BCUT2D eigenvalue weighted by Gasteiger charge is 2.18. The van der Waals surface area contributed by atoms with E-state index in [1.54, 1.807) is 29.2 Å². The quantitative estimate of drug-likeness (QED) is 0.234. The number of anilines is 1. The van der Waals surface area contributed by atoms with E-state index < -0.39 is 0 Å². The molecule has 0 saturated heterocycles. The third kappa shape index (κ3) is 6.36. The van der Waals surface area contributed by atoms with Crippen molar-refractivity contribution in [3.63, 3.8) is 0 Å². The maximum absolute atomic E-state index is 13.3. The number of thioether (sulfide) groups is 1. The monoisotopic (exact) mass is 474 g/mol. The molecule has 1 amide bonds. The van der Waals surface area contributed by atoms with Crippen LogP contribution in [0.5, 0.6) is 0 Å². The van der Waals surface area contributed by atoms with Crippen LogP contribution in [0.2, 0.25) is 0 Å². The van der Waals surface area contributed by atoms with Crippen LogP contribution in [0.4, 0.5) is 9.52 Å². The minimum Gasteiger partial charge on any atom is -0.356 e. The predicted molar refractivity (Wildman–Crippen MR) is 126 cm³/mol. The average Bonchev–Trinajstić information content (AvgIpc) is 3.14. The van der Waals surface area contributed by atoms with Gasteiger partial charge in [0.2, 0.25) is 0 Å². The van der Waals surface area contributed by atoms with E-state index in [4.69, 9.17) is 0 Å². The highest BCUT2D eigenvalue weighted by Crippen LogP contribution is 2.32. The van der Waals surface area contributed by atoms with Crippen molar-refractivity contribution in [3.8, 4) is 0 Å². The minimum atomic E-state index is -0.383. The van der Waals surface area contributed by atoms with Crippen molar-refractivity contribution in [2.45, 2.75) is 21.7 Å². The Bertz CT molecular complexity index is 1110. The summed E-state index contributed by atoms with van der Waals surface area (Å²) < 4.78 is 13.3. The molecule has 0 unspecified atom stereocenters. The van der Waals surface area contributed by atoms with Crippen LogP contribution in [0.15, 0.2) is 66.8 Å². The SMILES string of the molecule is C=N/N=C(/Sc1ccc(Sc2ccc(F)cc2)c(C(=O)Nc2nc(C)cs2)n1)N(C)C. The number of nitrogens with one attached hydrogen (secondary N) is 1. The van der Waals surface area contributed by atoms with Crippen molar-refractivity contribution in [1.82, 2.24) is 14.9 Å². The number of amidine groups is 1. The van der Waals surface area contributed by atoms with Gasteiger partial charge in [-0.2, -0.15) is 5.10 Å². The lowest BCUT2D eigenvalue weighted by atomic mass is 10.3. The summed E-state index contributed by atoms with van der Waals surface area (Å²) in [5.74, 6) is -0.704. The second kappa shape index (κ2) is 10.5. The average molecular weight is 475 g/mol. The van der Waals surface area contributed by atoms with Crippen molar-refractivity contribution in [1.29, 1.82) is 0 Å². The van der Waals surface area contributed by atoms with Gasteiger partial charge in [0.15, 0.2) is 10.3 Å². The smallest absolute Gasteiger partial charge is 0.277 e. The van der Waals surface area contributed by atoms with Gasteiger partial charge in [-0.25, -0.2) is 14.4 Å². The molecule has 0 fully saturated rings. The van der Waals surface area contributed by atoms with Gasteiger partial charge in [-0.05, 0) is 55.1 Å². The van der Waals surface area contributed by atoms with Gasteiger partial charge in [0.25, 0.3) is 5.91 Å². The third-order valence-electron chi connectivity index (χ3n) is 3.66. The summed E-state index contributed by atoms with van der Waals surface area (Å²) in [6, 6.07) is 9.66. The number of rotatable bonds is 6. The van der Waals surface area contributed by atoms with E-state index in [0.717, 1.165) is 10.6 Å². The molecule has 0 spiro atoms. The van der Waals surface area contributed by atoms with Crippen molar-refractivity contribution in [2.75, 3.05) is 19.4 Å². The summed E-state index contributed by atoms with van der Waals surface area (Å²) >= 11 is 3.92. The molecular weight excluding hydrogens is 455 g/mol. The maximum atomic E-state index is 13.3. The number of hydrogen-bond acceptors (Lipinski definition) is 8. The first-order chi connectivity index (χ1) is 14.9. The number of halogens is 1. The number of carbonyl (C=O) groups is 1. The molecule has 0 bridgehead atoms. The molecular formula is C20H19FN6OS3. The van der Waals surface area contributed by atoms with Crippen molar-refractivity contribution < 1.29 is 9.18 Å². The fraction of sp³-hybridized carbons (Fsp3) is 0.150. The summed E-state index contributed by atoms with van der Waals surface area (Å²) in [5.41, 5.74) is 1.05. The number of thiazole rings is 1. The zero-order chi connectivity index (χ0) is 22.4. The first kappa shape index (κ1) is 22.9. The second-order valence-corrected chi connectivity index (χ2v) is 9.28. The molecule has 11 heteroatoms. The van der Waals surface area contributed by atoms with Crippen LogP contribution in [-0.2, 0) is 0 Å². The Morgan fingerprint density at radius 3 is 2.55 bits per heavy atom. The number of nitrogens with zero attached hydrogens (tertiary/aromatic N) is 5. The highest BCUT2D eigenvalue weighted by atomic mass is 32.2. The van der Waals surface area contributed by atoms with Gasteiger partial charge in [0.1, 0.15) is 16.5 Å². The van der Waals surface area contributed by atoms with E-state index in [1.807, 2.05) is 26.4 Å². The molecule has 0 aliphatic heterocycles. The van der Waals surface area contributed by atoms with E-state index in [-0.39, 0.29) is 17.4 Å². The molecule has 2 aromatic heterocycles.